The van der Waals surface area contributed by atoms with Crippen LogP contribution in [0.4, 0.5) is 0 Å². The van der Waals surface area contributed by atoms with Gasteiger partial charge in [0.1, 0.15) is 5.88 Å². The molecule has 8 heteroatoms. The molecule has 1 aliphatic rings. The van der Waals surface area contributed by atoms with Gasteiger partial charge in [0.15, 0.2) is 0 Å². The molecular formula is C16H15ClN2O3S2. The fraction of sp³-hybridized carbons (Fsp3) is 0.188. The lowest BCUT2D eigenvalue weighted by atomic mass is 9.91. The van der Waals surface area contributed by atoms with Crippen molar-refractivity contribution in [3.8, 4) is 0 Å². The quantitative estimate of drug-likeness (QED) is 0.606. The third kappa shape index (κ3) is 4.37. The predicted octanol–water partition coefficient (Wildman–Crippen LogP) is 3.90. The van der Waals surface area contributed by atoms with Crippen molar-refractivity contribution >= 4 is 40.7 Å². The first-order valence-electron chi connectivity index (χ1n) is 7.18. The van der Waals surface area contributed by atoms with E-state index in [1.54, 1.807) is 0 Å². The van der Waals surface area contributed by atoms with Crippen molar-refractivity contribution in [2.75, 3.05) is 12.4 Å². The Balaban J connectivity index is 1.83. The SMILES string of the molecule is O=S(O)OSCN1CC(c2ccccc2)C(c2ccc(Cl)cc2)=N1. The highest BCUT2D eigenvalue weighted by atomic mass is 35.5. The molecule has 1 heterocycles. The molecule has 1 aliphatic heterocycles. The monoisotopic (exact) mass is 382 g/mol. The van der Waals surface area contributed by atoms with Gasteiger partial charge in [-0.2, -0.15) is 12.9 Å². The summed E-state index contributed by atoms with van der Waals surface area (Å²) in [4.78, 5) is 0. The van der Waals surface area contributed by atoms with E-state index in [2.05, 4.69) is 20.9 Å². The second kappa shape index (κ2) is 8.13. The fourth-order valence-electron chi connectivity index (χ4n) is 2.59. The Hall–Kier alpha value is -1.38. The van der Waals surface area contributed by atoms with Gasteiger partial charge in [-0.15, -0.1) is 0 Å². The van der Waals surface area contributed by atoms with E-state index in [0.29, 0.717) is 17.4 Å². The van der Waals surface area contributed by atoms with Crippen molar-refractivity contribution in [1.82, 2.24) is 5.01 Å². The minimum atomic E-state index is -2.28. The lowest BCUT2D eigenvalue weighted by Crippen LogP contribution is -2.18. The first kappa shape index (κ1) is 17.4. The van der Waals surface area contributed by atoms with E-state index in [0.717, 1.165) is 23.3 Å². The molecule has 0 aliphatic carbocycles. The van der Waals surface area contributed by atoms with Crippen LogP contribution in [-0.4, -0.2) is 31.9 Å². The fourth-order valence-corrected chi connectivity index (χ4v) is 3.51. The Morgan fingerprint density at radius 3 is 2.62 bits per heavy atom. The maximum absolute atomic E-state index is 10.6. The highest BCUT2D eigenvalue weighted by molar-refractivity contribution is 8.01. The molecule has 5 nitrogen and oxygen atoms in total. The topological polar surface area (TPSA) is 62.1 Å². The Morgan fingerprint density at radius 2 is 1.96 bits per heavy atom. The van der Waals surface area contributed by atoms with Gasteiger partial charge in [-0.1, -0.05) is 54.1 Å². The lowest BCUT2D eigenvalue weighted by Gasteiger charge is -2.15. The zero-order valence-corrected chi connectivity index (χ0v) is 14.9. The summed E-state index contributed by atoms with van der Waals surface area (Å²) in [6.07, 6.45) is 0. The Morgan fingerprint density at radius 1 is 1.25 bits per heavy atom. The summed E-state index contributed by atoms with van der Waals surface area (Å²) in [7, 11) is 0. The van der Waals surface area contributed by atoms with Gasteiger partial charge in [-0.3, -0.25) is 9.56 Å². The molecule has 2 aromatic rings. The molecule has 0 aromatic heterocycles. The van der Waals surface area contributed by atoms with Crippen LogP contribution < -0.4 is 0 Å². The molecule has 126 valence electrons. The highest BCUT2D eigenvalue weighted by Gasteiger charge is 2.29. The van der Waals surface area contributed by atoms with E-state index >= 15 is 0 Å². The Labute approximate surface area is 152 Å². The highest BCUT2D eigenvalue weighted by Crippen LogP contribution is 2.30. The van der Waals surface area contributed by atoms with Crippen LogP contribution in [0.2, 0.25) is 5.02 Å². The third-order valence-electron chi connectivity index (χ3n) is 3.62. The molecular weight excluding hydrogens is 368 g/mol. The molecule has 0 saturated heterocycles. The van der Waals surface area contributed by atoms with E-state index < -0.39 is 11.4 Å². The van der Waals surface area contributed by atoms with Crippen molar-refractivity contribution in [2.24, 2.45) is 5.10 Å². The number of benzene rings is 2. The average molecular weight is 383 g/mol. The summed E-state index contributed by atoms with van der Waals surface area (Å²) >= 11 is 4.59. The predicted molar refractivity (Wildman–Crippen MR) is 98.2 cm³/mol. The smallest absolute Gasteiger partial charge is 0.283 e. The van der Waals surface area contributed by atoms with Gasteiger partial charge >= 0.3 is 11.4 Å². The van der Waals surface area contributed by atoms with Gasteiger partial charge < -0.3 is 0 Å². The van der Waals surface area contributed by atoms with E-state index in [-0.39, 0.29) is 5.92 Å². The van der Waals surface area contributed by atoms with Gasteiger partial charge in [-0.25, -0.2) is 0 Å². The summed E-state index contributed by atoms with van der Waals surface area (Å²) in [6.45, 7) is 0.677. The number of nitrogens with zero attached hydrogens (tertiary/aromatic N) is 2. The molecule has 2 atom stereocenters. The molecule has 0 fully saturated rings. The molecule has 3 rings (SSSR count). The summed E-state index contributed by atoms with van der Waals surface area (Å²) < 4.78 is 23.9. The Kier molecular flexibility index (Phi) is 5.91. The maximum atomic E-state index is 10.6. The molecule has 0 bridgehead atoms. The van der Waals surface area contributed by atoms with Crippen LogP contribution in [0.25, 0.3) is 0 Å². The molecule has 24 heavy (non-hydrogen) atoms. The number of rotatable bonds is 6. The van der Waals surface area contributed by atoms with Crippen LogP contribution in [0.5, 0.6) is 0 Å². The van der Waals surface area contributed by atoms with Gasteiger partial charge in [0.2, 0.25) is 0 Å². The molecule has 2 unspecified atom stereocenters. The van der Waals surface area contributed by atoms with Gasteiger partial charge in [0.25, 0.3) is 0 Å². The number of hydrazone groups is 1. The normalized spacial score (nSPS) is 18.5. The van der Waals surface area contributed by atoms with E-state index in [9.17, 15) is 4.21 Å². The third-order valence-corrected chi connectivity index (χ3v) is 5.13. The van der Waals surface area contributed by atoms with Crippen molar-refractivity contribution in [3.63, 3.8) is 0 Å². The van der Waals surface area contributed by atoms with Gasteiger partial charge in [-0.05, 0) is 23.3 Å². The van der Waals surface area contributed by atoms with Crippen molar-refractivity contribution in [2.45, 2.75) is 5.92 Å². The molecule has 0 spiro atoms. The van der Waals surface area contributed by atoms with Crippen molar-refractivity contribution < 1.29 is 12.4 Å². The van der Waals surface area contributed by atoms with Gasteiger partial charge in [0, 0.05) is 29.5 Å². The zero-order chi connectivity index (χ0) is 16.9. The van der Waals surface area contributed by atoms with Crippen molar-refractivity contribution in [3.05, 3.63) is 70.7 Å². The number of halogens is 1. The van der Waals surface area contributed by atoms with Crippen LogP contribution in [0.15, 0.2) is 59.7 Å². The van der Waals surface area contributed by atoms with E-state index in [1.807, 2.05) is 47.5 Å². The molecule has 0 radical (unpaired) electrons. The van der Waals surface area contributed by atoms with Crippen LogP contribution in [0.1, 0.15) is 17.0 Å². The molecule has 0 saturated carbocycles. The summed E-state index contributed by atoms with van der Waals surface area (Å²) in [5, 5.41) is 7.18. The maximum Gasteiger partial charge on any atom is 0.313 e. The minimum Gasteiger partial charge on any atom is -0.283 e. The molecule has 0 amide bonds. The van der Waals surface area contributed by atoms with Crippen molar-refractivity contribution in [1.29, 1.82) is 0 Å². The van der Waals surface area contributed by atoms with Crippen LogP contribution in [0, 0.1) is 0 Å². The number of hydrogen-bond acceptors (Lipinski definition) is 5. The Bertz CT molecular complexity index is 741. The minimum absolute atomic E-state index is 0.118. The van der Waals surface area contributed by atoms with Gasteiger partial charge in [0.05, 0.1) is 5.71 Å². The first-order chi connectivity index (χ1) is 11.6. The second-order valence-corrected chi connectivity index (χ2v) is 7.09. The summed E-state index contributed by atoms with van der Waals surface area (Å²) in [5.41, 5.74) is 3.13. The first-order valence-corrected chi connectivity index (χ1v) is 9.50. The van der Waals surface area contributed by atoms with Crippen LogP contribution in [-0.2, 0) is 15.0 Å². The zero-order valence-electron chi connectivity index (χ0n) is 12.5. The summed E-state index contributed by atoms with van der Waals surface area (Å²) in [6, 6.07) is 17.7. The van der Waals surface area contributed by atoms with E-state index in [4.69, 9.17) is 16.2 Å². The largest absolute Gasteiger partial charge is 0.313 e. The molecule has 2 aromatic carbocycles. The molecule has 1 N–H and O–H groups in total. The van der Waals surface area contributed by atoms with Crippen LogP contribution in [0.3, 0.4) is 0 Å². The lowest BCUT2D eigenvalue weighted by molar-refractivity contribution is 0.360. The number of hydrogen-bond donors (Lipinski definition) is 1. The van der Waals surface area contributed by atoms with E-state index in [1.165, 1.54) is 5.56 Å². The average Bonchev–Trinajstić information content (AvgIpc) is 3.00. The summed E-state index contributed by atoms with van der Waals surface area (Å²) in [5.74, 6) is 0.486. The second-order valence-electron chi connectivity index (χ2n) is 5.18. The van der Waals surface area contributed by atoms with Crippen LogP contribution >= 0.6 is 23.6 Å². The standard InChI is InChI=1S/C16H15ClN2O3S2/c17-14-8-6-13(7-9-14)16-15(12-4-2-1-3-5-12)10-19(18-16)11-23-22-24(20)21/h1-9,15H,10-11H2,(H,20,21).